The Morgan fingerprint density at radius 2 is 1.67 bits per heavy atom. The largest absolute Gasteiger partial charge is 0.256 e. The van der Waals surface area contributed by atoms with Gasteiger partial charge in [-0.15, -0.1) is 0 Å². The topological polar surface area (TPSA) is 12.9 Å². The number of hydrogen-bond acceptors (Lipinski definition) is 1. The van der Waals surface area contributed by atoms with Crippen molar-refractivity contribution in [2.75, 3.05) is 0 Å². The van der Waals surface area contributed by atoms with Crippen LogP contribution in [0.15, 0.2) is 54.5 Å². The minimum atomic E-state index is -0.585. The normalized spacial score (nSPS) is 20.2. The van der Waals surface area contributed by atoms with Crippen molar-refractivity contribution in [3.8, 4) is 11.3 Å². The fraction of sp³-hybridized carbons (Fsp3) is 0. The average Bonchev–Trinajstić information content (AvgIpc) is 2.46. The molecule has 1 aromatic heterocycles. The second-order valence-electron chi connectivity index (χ2n) is 1.95. The molecule has 0 unspecified atom stereocenters. The molecule has 0 saturated carbocycles. The van der Waals surface area contributed by atoms with Gasteiger partial charge in [-0.25, -0.2) is 0 Å². The fourth-order valence-electron chi connectivity index (χ4n) is 0.717. The van der Waals surface area contributed by atoms with Crippen molar-refractivity contribution in [2.45, 2.75) is 0 Å². The third kappa shape index (κ3) is 1.35. The maximum atomic E-state index is 7.80. The first-order valence-electron chi connectivity index (χ1n) is 7.70. The van der Waals surface area contributed by atoms with Crippen LogP contribution in [0.25, 0.3) is 11.3 Å². The zero-order valence-corrected chi connectivity index (χ0v) is 5.95. The van der Waals surface area contributed by atoms with E-state index in [1.807, 2.05) is 0 Å². The van der Waals surface area contributed by atoms with Gasteiger partial charge in [-0.05, 0) is 12.1 Å². The van der Waals surface area contributed by atoms with Crippen LogP contribution in [0, 0.1) is 0 Å². The van der Waals surface area contributed by atoms with Gasteiger partial charge in [0.25, 0.3) is 0 Å². The summed E-state index contributed by atoms with van der Waals surface area (Å²) in [6.07, 6.45) is -0.585. The van der Waals surface area contributed by atoms with E-state index in [0.717, 1.165) is 0 Å². The van der Waals surface area contributed by atoms with E-state index in [1.54, 1.807) is 0 Å². The summed E-state index contributed by atoms with van der Waals surface area (Å²) in [5.74, 6) is 0. The Bertz CT molecular complexity index is 727. The molecule has 0 aliphatic carbocycles. The summed E-state index contributed by atoms with van der Waals surface area (Å²) in [6, 6.07) is -4.52. The van der Waals surface area contributed by atoms with Gasteiger partial charge in [0.15, 0.2) is 0 Å². The Hall–Kier alpha value is -1.63. The number of aromatic nitrogens is 1. The molecule has 0 spiro atoms. The molecule has 2 rings (SSSR count). The lowest BCUT2D eigenvalue weighted by Crippen LogP contribution is -1.79. The highest BCUT2D eigenvalue weighted by Crippen LogP contribution is 2.14. The van der Waals surface area contributed by atoms with Gasteiger partial charge in [0.05, 0.1) is 18.0 Å². The van der Waals surface area contributed by atoms with Gasteiger partial charge in [-0.1, -0.05) is 36.3 Å². The van der Waals surface area contributed by atoms with Gasteiger partial charge in [0.2, 0.25) is 0 Å². The van der Waals surface area contributed by atoms with Crippen molar-refractivity contribution < 1.29 is 12.3 Å². The predicted octanol–water partition coefficient (Wildman–Crippen LogP) is 2.75. The first kappa shape index (κ1) is 2.19. The lowest BCUT2D eigenvalue weighted by atomic mass is 10.1. The van der Waals surface area contributed by atoms with Crippen LogP contribution in [0.5, 0.6) is 0 Å². The standard InChI is InChI=1S/C11H9N/c1-2-6-10(7-3-1)11-8-4-5-9-12-11/h1-9H/i1D,2D,3D,4D,5D,6D,7D,8D,9D. The van der Waals surface area contributed by atoms with Crippen molar-refractivity contribution in [3.05, 3.63) is 54.5 Å². The molecule has 0 aliphatic heterocycles. The van der Waals surface area contributed by atoms with Crippen LogP contribution in [-0.2, 0) is 0 Å². The van der Waals surface area contributed by atoms with Gasteiger partial charge in [0, 0.05) is 11.7 Å². The maximum Gasteiger partial charge on any atom is 0.0840 e. The Kier molecular flexibility index (Phi) is 0.581. The quantitative estimate of drug-likeness (QED) is 0.631. The molecule has 1 nitrogen and oxygen atoms in total. The molecule has 0 N–H and O–H groups in total. The van der Waals surface area contributed by atoms with Crippen LogP contribution < -0.4 is 0 Å². The molecule has 1 aromatic carbocycles. The van der Waals surface area contributed by atoms with Crippen LogP contribution in [0.3, 0.4) is 0 Å². The van der Waals surface area contributed by atoms with Crippen molar-refractivity contribution >= 4 is 0 Å². The Morgan fingerprint density at radius 3 is 2.50 bits per heavy atom. The summed E-state index contributed by atoms with van der Waals surface area (Å²) in [6.45, 7) is 0. The molecule has 12 heavy (non-hydrogen) atoms. The number of nitrogens with zero attached hydrogens (tertiary/aromatic N) is 1. The first-order chi connectivity index (χ1) is 9.68. The van der Waals surface area contributed by atoms with E-state index < -0.39 is 54.5 Å². The van der Waals surface area contributed by atoms with E-state index in [2.05, 4.69) is 4.98 Å². The monoisotopic (exact) mass is 164 g/mol. The summed E-state index contributed by atoms with van der Waals surface area (Å²) in [5, 5.41) is 0. The van der Waals surface area contributed by atoms with E-state index in [1.165, 1.54) is 0 Å². The van der Waals surface area contributed by atoms with Gasteiger partial charge in [-0.2, -0.15) is 0 Å². The lowest BCUT2D eigenvalue weighted by Gasteiger charge is -1.97. The van der Waals surface area contributed by atoms with Crippen molar-refractivity contribution in [2.24, 2.45) is 0 Å². The van der Waals surface area contributed by atoms with Crippen molar-refractivity contribution in [3.63, 3.8) is 0 Å². The smallest absolute Gasteiger partial charge is 0.0840 e. The Balaban J connectivity index is 2.93. The minimum Gasteiger partial charge on any atom is -0.256 e. The van der Waals surface area contributed by atoms with E-state index in [-0.39, 0.29) is 11.3 Å². The highest BCUT2D eigenvalue weighted by Gasteiger charge is 1.93. The van der Waals surface area contributed by atoms with E-state index >= 15 is 0 Å². The summed E-state index contributed by atoms with van der Waals surface area (Å²) >= 11 is 0. The number of hydrogen-bond donors (Lipinski definition) is 0. The van der Waals surface area contributed by atoms with Crippen LogP contribution >= 0.6 is 0 Å². The number of rotatable bonds is 1. The zero-order chi connectivity index (χ0) is 16.1. The van der Waals surface area contributed by atoms with Crippen LogP contribution in [0.4, 0.5) is 0 Å². The molecule has 0 aliphatic rings. The molecule has 1 heteroatoms. The Labute approximate surface area is 84.4 Å². The molecular weight excluding hydrogens is 146 g/mol. The molecule has 0 atom stereocenters. The summed E-state index contributed by atoms with van der Waals surface area (Å²) in [5.41, 5.74) is -0.703. The maximum absolute atomic E-state index is 7.80. The highest BCUT2D eigenvalue weighted by molar-refractivity contribution is 5.58. The van der Waals surface area contributed by atoms with Crippen LogP contribution in [-0.4, -0.2) is 4.98 Å². The van der Waals surface area contributed by atoms with Gasteiger partial charge >= 0.3 is 0 Å². The van der Waals surface area contributed by atoms with Crippen molar-refractivity contribution in [1.29, 1.82) is 0 Å². The van der Waals surface area contributed by atoms with Crippen molar-refractivity contribution in [1.82, 2.24) is 4.98 Å². The average molecular weight is 164 g/mol. The second-order valence-corrected chi connectivity index (χ2v) is 1.95. The zero-order valence-electron chi connectivity index (χ0n) is 14.9. The van der Waals surface area contributed by atoms with Gasteiger partial charge in [0.1, 0.15) is 0 Å². The summed E-state index contributed by atoms with van der Waals surface area (Å²) < 4.78 is 68.5. The molecule has 0 bridgehead atoms. The van der Waals surface area contributed by atoms with Gasteiger partial charge in [-0.3, -0.25) is 4.98 Å². The summed E-state index contributed by atoms with van der Waals surface area (Å²) in [7, 11) is 0. The number of pyridine rings is 1. The molecule has 2 aromatic rings. The molecule has 0 amide bonds. The van der Waals surface area contributed by atoms with E-state index in [9.17, 15) is 0 Å². The lowest BCUT2D eigenvalue weighted by molar-refractivity contribution is 1.33. The molecule has 0 radical (unpaired) electrons. The molecule has 0 saturated heterocycles. The molecular formula is C11H9N. The predicted molar refractivity (Wildman–Crippen MR) is 49.7 cm³/mol. The van der Waals surface area contributed by atoms with Gasteiger partial charge < -0.3 is 0 Å². The summed E-state index contributed by atoms with van der Waals surface area (Å²) in [4.78, 5) is 3.64. The molecule has 0 fully saturated rings. The van der Waals surface area contributed by atoms with Crippen LogP contribution in [0.1, 0.15) is 12.3 Å². The second kappa shape index (κ2) is 3.18. The fourth-order valence-corrected chi connectivity index (χ4v) is 0.717. The third-order valence-electron chi connectivity index (χ3n) is 1.20. The first-order valence-corrected chi connectivity index (χ1v) is 3.20. The molecule has 1 heterocycles. The van der Waals surface area contributed by atoms with E-state index in [0.29, 0.717) is 0 Å². The Morgan fingerprint density at radius 1 is 0.917 bits per heavy atom. The SMILES string of the molecule is [2H]c1nc(-c2c([2H])c([2H])c([2H])c([2H])c2[2H])c([2H])c([2H])c1[2H]. The third-order valence-corrected chi connectivity index (χ3v) is 1.20. The number of benzene rings is 1. The van der Waals surface area contributed by atoms with Crippen LogP contribution in [0.2, 0.25) is 0 Å². The highest BCUT2D eigenvalue weighted by atomic mass is 14.7. The molecule has 58 valence electrons. The van der Waals surface area contributed by atoms with E-state index in [4.69, 9.17) is 12.3 Å². The minimum absolute atomic E-state index is 0.340.